The fraction of sp³-hybridized carbons (Fsp3) is 0.176. The molecular weight excluding hydrogens is 344 g/mol. The highest BCUT2D eigenvalue weighted by Gasteiger charge is 2.36. The van der Waals surface area contributed by atoms with Gasteiger partial charge >= 0.3 is 0 Å². The Morgan fingerprint density at radius 3 is 1.77 bits per heavy atom. The Labute approximate surface area is 138 Å². The Kier molecular flexibility index (Phi) is 4.98. The van der Waals surface area contributed by atoms with Crippen LogP contribution < -0.4 is 10.6 Å². The predicted molar refractivity (Wildman–Crippen MR) is 91.6 cm³/mol. The van der Waals surface area contributed by atoms with Crippen molar-refractivity contribution in [3.05, 3.63) is 59.1 Å². The lowest BCUT2D eigenvalue weighted by molar-refractivity contribution is -0.135. The summed E-state index contributed by atoms with van der Waals surface area (Å²) in [5.74, 6) is -0.712. The van der Waals surface area contributed by atoms with Gasteiger partial charge in [-0.25, -0.2) is 0 Å². The molecule has 22 heavy (non-hydrogen) atoms. The molecule has 0 atom stereocenters. The average molecular weight is 361 g/mol. The summed E-state index contributed by atoms with van der Waals surface area (Å²) >= 11 is 3.33. The fourth-order valence-corrected chi connectivity index (χ4v) is 2.00. The van der Waals surface area contributed by atoms with Crippen LogP contribution in [0.3, 0.4) is 0 Å². The maximum atomic E-state index is 12.4. The molecule has 0 bridgehead atoms. The number of hydrogen-bond acceptors (Lipinski definition) is 2. The smallest absolute Gasteiger partial charge is 0.239 e. The van der Waals surface area contributed by atoms with Crippen molar-refractivity contribution < 1.29 is 9.59 Å². The van der Waals surface area contributed by atoms with E-state index in [4.69, 9.17) is 0 Å². The van der Waals surface area contributed by atoms with Crippen LogP contribution in [0.2, 0.25) is 0 Å². The van der Waals surface area contributed by atoms with E-state index in [-0.39, 0.29) is 11.8 Å². The number of amides is 2. The number of nitrogens with one attached hydrogen (secondary N) is 2. The SMILES string of the molecule is CC(C)(C(=O)Nc1ccccc1)C(=O)Nc1ccc(Br)cc1. The lowest BCUT2D eigenvalue weighted by atomic mass is 9.90. The Morgan fingerprint density at radius 1 is 0.818 bits per heavy atom. The van der Waals surface area contributed by atoms with Crippen LogP contribution in [-0.4, -0.2) is 11.8 Å². The molecule has 0 heterocycles. The number of para-hydroxylation sites is 1. The Bertz CT molecular complexity index is 667. The normalized spacial score (nSPS) is 10.9. The van der Waals surface area contributed by atoms with Gasteiger partial charge in [0.2, 0.25) is 11.8 Å². The molecule has 0 aliphatic heterocycles. The molecule has 0 saturated heterocycles. The number of benzene rings is 2. The number of rotatable bonds is 4. The Hall–Kier alpha value is -2.14. The van der Waals surface area contributed by atoms with E-state index < -0.39 is 5.41 Å². The molecule has 0 unspecified atom stereocenters. The number of carbonyl (C=O) groups excluding carboxylic acids is 2. The molecule has 0 aromatic heterocycles. The van der Waals surface area contributed by atoms with Crippen LogP contribution in [0, 0.1) is 5.41 Å². The average Bonchev–Trinajstić information content (AvgIpc) is 2.50. The molecule has 0 spiro atoms. The molecule has 2 aromatic rings. The van der Waals surface area contributed by atoms with Gasteiger partial charge in [-0.15, -0.1) is 0 Å². The monoisotopic (exact) mass is 360 g/mol. The third-order valence-electron chi connectivity index (χ3n) is 3.27. The van der Waals surface area contributed by atoms with E-state index in [1.54, 1.807) is 38.1 Å². The highest BCUT2D eigenvalue weighted by molar-refractivity contribution is 9.10. The van der Waals surface area contributed by atoms with E-state index in [9.17, 15) is 9.59 Å². The van der Waals surface area contributed by atoms with E-state index in [0.717, 1.165) is 4.47 Å². The topological polar surface area (TPSA) is 58.2 Å². The first-order valence-electron chi connectivity index (χ1n) is 6.83. The summed E-state index contributed by atoms with van der Waals surface area (Å²) in [6.45, 7) is 3.19. The van der Waals surface area contributed by atoms with Gasteiger partial charge in [0, 0.05) is 15.8 Å². The first-order chi connectivity index (χ1) is 10.4. The second-order valence-electron chi connectivity index (χ2n) is 5.41. The van der Waals surface area contributed by atoms with E-state index in [1.165, 1.54) is 0 Å². The molecule has 2 amide bonds. The van der Waals surface area contributed by atoms with Crippen LogP contribution in [0.15, 0.2) is 59.1 Å². The van der Waals surface area contributed by atoms with Gasteiger partial charge in [0.25, 0.3) is 0 Å². The summed E-state index contributed by atoms with van der Waals surface area (Å²) in [6.07, 6.45) is 0. The second-order valence-corrected chi connectivity index (χ2v) is 6.32. The summed E-state index contributed by atoms with van der Waals surface area (Å²) < 4.78 is 0.923. The van der Waals surface area contributed by atoms with Gasteiger partial charge in [0.15, 0.2) is 0 Å². The quantitative estimate of drug-likeness (QED) is 0.807. The van der Waals surface area contributed by atoms with Crippen molar-refractivity contribution in [1.29, 1.82) is 0 Å². The van der Waals surface area contributed by atoms with Gasteiger partial charge in [0.05, 0.1) is 0 Å². The van der Waals surface area contributed by atoms with Crippen LogP contribution in [0.4, 0.5) is 11.4 Å². The predicted octanol–water partition coefficient (Wildman–Crippen LogP) is 4.05. The number of anilines is 2. The van der Waals surface area contributed by atoms with Crippen LogP contribution >= 0.6 is 15.9 Å². The lowest BCUT2D eigenvalue weighted by Crippen LogP contribution is -2.41. The van der Waals surface area contributed by atoms with Crippen LogP contribution in [0.5, 0.6) is 0 Å². The highest BCUT2D eigenvalue weighted by Crippen LogP contribution is 2.22. The molecule has 0 radical (unpaired) electrons. The molecule has 0 saturated carbocycles. The molecule has 0 aliphatic rings. The first-order valence-corrected chi connectivity index (χ1v) is 7.62. The zero-order valence-electron chi connectivity index (χ0n) is 12.4. The van der Waals surface area contributed by atoms with E-state index in [0.29, 0.717) is 11.4 Å². The van der Waals surface area contributed by atoms with Gasteiger partial charge < -0.3 is 10.6 Å². The first kappa shape index (κ1) is 16.2. The summed E-state index contributed by atoms with van der Waals surface area (Å²) in [5.41, 5.74) is 0.119. The Balaban J connectivity index is 2.06. The molecule has 2 rings (SSSR count). The number of hydrogen-bond donors (Lipinski definition) is 2. The van der Waals surface area contributed by atoms with Gasteiger partial charge in [-0.1, -0.05) is 34.1 Å². The highest BCUT2D eigenvalue weighted by atomic mass is 79.9. The molecule has 5 heteroatoms. The summed E-state index contributed by atoms with van der Waals surface area (Å²) in [6, 6.07) is 16.3. The lowest BCUT2D eigenvalue weighted by Gasteiger charge is -2.22. The largest absolute Gasteiger partial charge is 0.325 e. The van der Waals surface area contributed by atoms with E-state index >= 15 is 0 Å². The summed E-state index contributed by atoms with van der Waals surface area (Å²) in [4.78, 5) is 24.7. The molecule has 4 nitrogen and oxygen atoms in total. The zero-order chi connectivity index (χ0) is 16.2. The van der Waals surface area contributed by atoms with Crippen LogP contribution in [0.1, 0.15) is 13.8 Å². The Morgan fingerprint density at radius 2 is 1.27 bits per heavy atom. The van der Waals surface area contributed by atoms with Gasteiger partial charge in [-0.3, -0.25) is 9.59 Å². The van der Waals surface area contributed by atoms with Gasteiger partial charge in [-0.2, -0.15) is 0 Å². The van der Waals surface area contributed by atoms with Crippen molar-refractivity contribution in [2.75, 3.05) is 10.6 Å². The fourth-order valence-electron chi connectivity index (χ4n) is 1.73. The van der Waals surface area contributed by atoms with Crippen molar-refractivity contribution in [3.8, 4) is 0 Å². The van der Waals surface area contributed by atoms with Crippen molar-refractivity contribution >= 4 is 39.1 Å². The standard InChI is InChI=1S/C17H17BrN2O2/c1-17(2,15(21)19-13-6-4-3-5-7-13)16(22)20-14-10-8-12(18)9-11-14/h3-11H,1-2H3,(H,19,21)(H,20,22). The molecule has 0 aliphatic carbocycles. The minimum Gasteiger partial charge on any atom is -0.325 e. The van der Waals surface area contributed by atoms with E-state index in [1.807, 2.05) is 30.3 Å². The van der Waals surface area contributed by atoms with Crippen molar-refractivity contribution in [1.82, 2.24) is 0 Å². The van der Waals surface area contributed by atoms with Crippen molar-refractivity contribution in [3.63, 3.8) is 0 Å². The molecule has 2 N–H and O–H groups in total. The minimum absolute atomic E-state index is 0.353. The van der Waals surface area contributed by atoms with Crippen LogP contribution in [-0.2, 0) is 9.59 Å². The van der Waals surface area contributed by atoms with E-state index in [2.05, 4.69) is 26.6 Å². The van der Waals surface area contributed by atoms with Crippen LogP contribution in [0.25, 0.3) is 0 Å². The third kappa shape index (κ3) is 3.95. The minimum atomic E-state index is -1.19. The molecule has 0 fully saturated rings. The van der Waals surface area contributed by atoms with Crippen molar-refractivity contribution in [2.45, 2.75) is 13.8 Å². The third-order valence-corrected chi connectivity index (χ3v) is 3.80. The molecule has 2 aromatic carbocycles. The summed E-state index contributed by atoms with van der Waals surface area (Å²) in [7, 11) is 0. The maximum Gasteiger partial charge on any atom is 0.239 e. The zero-order valence-corrected chi connectivity index (χ0v) is 14.0. The van der Waals surface area contributed by atoms with Gasteiger partial charge in [0.1, 0.15) is 5.41 Å². The van der Waals surface area contributed by atoms with Crippen molar-refractivity contribution in [2.24, 2.45) is 5.41 Å². The summed E-state index contributed by atoms with van der Waals surface area (Å²) in [5, 5.41) is 5.51. The number of carbonyl (C=O) groups is 2. The maximum absolute atomic E-state index is 12.4. The number of halogens is 1. The molecular formula is C17H17BrN2O2. The molecule has 114 valence electrons. The second kappa shape index (κ2) is 6.75. The van der Waals surface area contributed by atoms with Gasteiger partial charge in [-0.05, 0) is 50.2 Å².